The van der Waals surface area contributed by atoms with Gasteiger partial charge in [-0.25, -0.2) is 0 Å². The van der Waals surface area contributed by atoms with E-state index in [1.165, 1.54) is 5.56 Å². The van der Waals surface area contributed by atoms with Crippen molar-refractivity contribution in [2.45, 2.75) is 39.7 Å². The SMILES string of the molecule is CCCNCc1oc2cc(OC)cc(OC)c2c1C(C)C. The predicted octanol–water partition coefficient (Wildman–Crippen LogP) is 4.07. The van der Waals surface area contributed by atoms with Crippen LogP contribution in [-0.2, 0) is 6.54 Å². The topological polar surface area (TPSA) is 43.6 Å². The Labute approximate surface area is 126 Å². The van der Waals surface area contributed by atoms with Gasteiger partial charge in [0.25, 0.3) is 0 Å². The van der Waals surface area contributed by atoms with Crippen molar-refractivity contribution in [3.05, 3.63) is 23.5 Å². The normalized spacial score (nSPS) is 11.3. The number of ether oxygens (including phenoxy) is 2. The highest BCUT2D eigenvalue weighted by atomic mass is 16.5. The third kappa shape index (κ3) is 3.16. The quantitative estimate of drug-likeness (QED) is 0.781. The molecule has 2 aromatic rings. The van der Waals surface area contributed by atoms with Crippen molar-refractivity contribution in [2.24, 2.45) is 0 Å². The minimum absolute atomic E-state index is 0.368. The first kappa shape index (κ1) is 15.7. The van der Waals surface area contributed by atoms with Gasteiger partial charge in [-0.05, 0) is 18.9 Å². The van der Waals surface area contributed by atoms with E-state index in [9.17, 15) is 0 Å². The molecule has 1 aromatic carbocycles. The summed E-state index contributed by atoms with van der Waals surface area (Å²) < 4.78 is 16.9. The van der Waals surface area contributed by atoms with E-state index in [1.807, 2.05) is 12.1 Å². The molecule has 116 valence electrons. The van der Waals surface area contributed by atoms with Gasteiger partial charge in [0.2, 0.25) is 0 Å². The van der Waals surface area contributed by atoms with Crippen molar-refractivity contribution in [1.82, 2.24) is 5.32 Å². The third-order valence-corrected chi connectivity index (χ3v) is 3.59. The molecule has 0 atom stereocenters. The molecule has 0 aliphatic rings. The van der Waals surface area contributed by atoms with Crippen LogP contribution in [-0.4, -0.2) is 20.8 Å². The van der Waals surface area contributed by atoms with Gasteiger partial charge in [0.1, 0.15) is 22.8 Å². The Morgan fingerprint density at radius 1 is 1.19 bits per heavy atom. The predicted molar refractivity (Wildman–Crippen MR) is 85.4 cm³/mol. The number of methoxy groups -OCH3 is 2. The standard InChI is InChI=1S/C17H25NO3/c1-6-7-18-10-15-16(11(2)3)17-13(20-5)8-12(19-4)9-14(17)21-15/h8-9,11,18H,6-7,10H2,1-5H3. The molecule has 0 saturated heterocycles. The summed E-state index contributed by atoms with van der Waals surface area (Å²) in [4.78, 5) is 0. The van der Waals surface area contributed by atoms with E-state index >= 15 is 0 Å². The van der Waals surface area contributed by atoms with Crippen LogP contribution in [0.15, 0.2) is 16.5 Å². The van der Waals surface area contributed by atoms with Crippen LogP contribution in [0, 0.1) is 0 Å². The van der Waals surface area contributed by atoms with Crippen molar-refractivity contribution in [3.63, 3.8) is 0 Å². The van der Waals surface area contributed by atoms with Crippen LogP contribution in [0.5, 0.6) is 11.5 Å². The summed E-state index contributed by atoms with van der Waals surface area (Å²) in [6.07, 6.45) is 1.11. The number of benzene rings is 1. The van der Waals surface area contributed by atoms with E-state index in [4.69, 9.17) is 13.9 Å². The van der Waals surface area contributed by atoms with Crippen LogP contribution in [0.2, 0.25) is 0 Å². The van der Waals surface area contributed by atoms with E-state index in [1.54, 1.807) is 14.2 Å². The van der Waals surface area contributed by atoms with Gasteiger partial charge in [-0.1, -0.05) is 20.8 Å². The van der Waals surface area contributed by atoms with Gasteiger partial charge in [-0.2, -0.15) is 0 Å². The molecular formula is C17H25NO3. The fourth-order valence-electron chi connectivity index (χ4n) is 2.64. The summed E-state index contributed by atoms with van der Waals surface area (Å²) in [6.45, 7) is 8.23. The number of fused-ring (bicyclic) bond motifs is 1. The second-order valence-electron chi connectivity index (χ2n) is 5.47. The summed E-state index contributed by atoms with van der Waals surface area (Å²) in [6, 6.07) is 3.83. The molecule has 0 aliphatic heterocycles. The second-order valence-corrected chi connectivity index (χ2v) is 5.47. The smallest absolute Gasteiger partial charge is 0.142 e. The summed E-state index contributed by atoms with van der Waals surface area (Å²) in [5.41, 5.74) is 2.04. The minimum atomic E-state index is 0.368. The fraction of sp³-hybridized carbons (Fsp3) is 0.529. The van der Waals surface area contributed by atoms with Crippen LogP contribution < -0.4 is 14.8 Å². The molecule has 21 heavy (non-hydrogen) atoms. The molecule has 0 saturated carbocycles. The zero-order valence-electron chi connectivity index (χ0n) is 13.6. The average molecular weight is 291 g/mol. The highest BCUT2D eigenvalue weighted by Crippen LogP contribution is 2.40. The molecule has 1 aromatic heterocycles. The molecule has 0 aliphatic carbocycles. The first-order chi connectivity index (χ1) is 10.1. The molecule has 0 unspecified atom stereocenters. The Morgan fingerprint density at radius 2 is 1.95 bits per heavy atom. The van der Waals surface area contributed by atoms with E-state index in [-0.39, 0.29) is 0 Å². The van der Waals surface area contributed by atoms with Crippen LogP contribution in [0.1, 0.15) is 44.4 Å². The first-order valence-electron chi connectivity index (χ1n) is 7.50. The van der Waals surface area contributed by atoms with Gasteiger partial charge in [-0.3, -0.25) is 0 Å². The number of hydrogen-bond donors (Lipinski definition) is 1. The molecule has 4 nitrogen and oxygen atoms in total. The molecular weight excluding hydrogens is 266 g/mol. The molecule has 1 heterocycles. The molecule has 0 fully saturated rings. The Hall–Kier alpha value is -1.68. The fourth-order valence-corrected chi connectivity index (χ4v) is 2.64. The second kappa shape index (κ2) is 6.85. The number of rotatable bonds is 7. The number of furan rings is 1. The summed E-state index contributed by atoms with van der Waals surface area (Å²) in [7, 11) is 3.33. The van der Waals surface area contributed by atoms with E-state index in [0.29, 0.717) is 5.92 Å². The highest BCUT2D eigenvalue weighted by Gasteiger charge is 2.21. The maximum Gasteiger partial charge on any atom is 0.142 e. The Bertz CT molecular complexity index is 602. The first-order valence-corrected chi connectivity index (χ1v) is 7.50. The molecule has 2 rings (SSSR count). The van der Waals surface area contributed by atoms with Gasteiger partial charge < -0.3 is 19.2 Å². The molecule has 0 bridgehead atoms. The molecule has 0 amide bonds. The van der Waals surface area contributed by atoms with Crippen molar-refractivity contribution >= 4 is 11.0 Å². The van der Waals surface area contributed by atoms with Crippen LogP contribution in [0.25, 0.3) is 11.0 Å². The maximum atomic E-state index is 6.07. The van der Waals surface area contributed by atoms with E-state index in [2.05, 4.69) is 26.1 Å². The largest absolute Gasteiger partial charge is 0.496 e. The van der Waals surface area contributed by atoms with Crippen LogP contribution in [0.4, 0.5) is 0 Å². The van der Waals surface area contributed by atoms with Crippen LogP contribution >= 0.6 is 0 Å². The maximum absolute atomic E-state index is 6.07. The minimum Gasteiger partial charge on any atom is -0.496 e. The lowest BCUT2D eigenvalue weighted by atomic mass is 9.98. The third-order valence-electron chi connectivity index (χ3n) is 3.59. The highest BCUT2D eigenvalue weighted by molar-refractivity contribution is 5.90. The summed E-state index contributed by atoms with van der Waals surface area (Å²) in [5.74, 6) is 2.90. The van der Waals surface area contributed by atoms with Crippen molar-refractivity contribution in [2.75, 3.05) is 20.8 Å². The van der Waals surface area contributed by atoms with E-state index in [0.717, 1.165) is 47.7 Å². The van der Waals surface area contributed by atoms with Crippen molar-refractivity contribution < 1.29 is 13.9 Å². The zero-order chi connectivity index (χ0) is 15.4. The lowest BCUT2D eigenvalue weighted by molar-refractivity contribution is 0.396. The molecule has 1 N–H and O–H groups in total. The Balaban J connectivity index is 2.56. The van der Waals surface area contributed by atoms with Crippen molar-refractivity contribution in [1.29, 1.82) is 0 Å². The molecule has 4 heteroatoms. The van der Waals surface area contributed by atoms with Gasteiger partial charge in [0, 0.05) is 17.7 Å². The van der Waals surface area contributed by atoms with Gasteiger partial charge in [-0.15, -0.1) is 0 Å². The number of nitrogens with one attached hydrogen (secondary N) is 1. The lowest BCUT2D eigenvalue weighted by Gasteiger charge is -2.10. The Morgan fingerprint density at radius 3 is 2.52 bits per heavy atom. The van der Waals surface area contributed by atoms with Gasteiger partial charge in [0.15, 0.2) is 0 Å². The van der Waals surface area contributed by atoms with Gasteiger partial charge >= 0.3 is 0 Å². The van der Waals surface area contributed by atoms with E-state index < -0.39 is 0 Å². The van der Waals surface area contributed by atoms with Gasteiger partial charge in [0.05, 0.1) is 26.2 Å². The number of hydrogen-bond acceptors (Lipinski definition) is 4. The van der Waals surface area contributed by atoms with Crippen molar-refractivity contribution in [3.8, 4) is 11.5 Å². The zero-order valence-corrected chi connectivity index (χ0v) is 13.6. The summed E-state index contributed by atoms with van der Waals surface area (Å²) >= 11 is 0. The monoisotopic (exact) mass is 291 g/mol. The molecule has 0 spiro atoms. The molecule has 0 radical (unpaired) electrons. The average Bonchev–Trinajstić information content (AvgIpc) is 2.84. The lowest BCUT2D eigenvalue weighted by Crippen LogP contribution is -2.14. The Kier molecular flexibility index (Phi) is 5.12. The van der Waals surface area contributed by atoms with Crippen LogP contribution in [0.3, 0.4) is 0 Å². The summed E-state index contributed by atoms with van der Waals surface area (Å²) in [5, 5.41) is 4.46.